The van der Waals surface area contributed by atoms with Crippen LogP contribution in [0.5, 0.6) is 0 Å². The lowest BCUT2D eigenvalue weighted by atomic mass is 10.1. The van der Waals surface area contributed by atoms with E-state index in [-0.39, 0.29) is 12.4 Å². The van der Waals surface area contributed by atoms with E-state index in [4.69, 9.17) is 5.11 Å². The molecule has 1 aliphatic heterocycles. The Morgan fingerprint density at radius 2 is 2.14 bits per heavy atom. The highest BCUT2D eigenvalue weighted by Gasteiger charge is 2.21. The summed E-state index contributed by atoms with van der Waals surface area (Å²) in [6.45, 7) is 1.46. The molecular formula is C15H15FN2O2S. The Balaban J connectivity index is 1.71. The smallest absolute Gasteiger partial charge is 0.317 e. The normalized spacial score (nSPS) is 14.9. The molecule has 3 rings (SSSR count). The summed E-state index contributed by atoms with van der Waals surface area (Å²) in [5.41, 5.74) is 2.11. The Labute approximate surface area is 125 Å². The van der Waals surface area contributed by atoms with Crippen molar-refractivity contribution in [3.63, 3.8) is 0 Å². The predicted octanol–water partition coefficient (Wildman–Crippen LogP) is 2.32. The van der Waals surface area contributed by atoms with Crippen LogP contribution in [0.3, 0.4) is 0 Å². The molecule has 1 N–H and O–H groups in total. The van der Waals surface area contributed by atoms with Gasteiger partial charge in [0.25, 0.3) is 0 Å². The fourth-order valence-electron chi connectivity index (χ4n) is 2.48. The molecule has 0 aliphatic carbocycles. The molecule has 6 heteroatoms. The minimum atomic E-state index is -0.797. The molecule has 0 unspecified atom stereocenters. The highest BCUT2D eigenvalue weighted by atomic mass is 32.1. The van der Waals surface area contributed by atoms with Crippen LogP contribution in [-0.4, -0.2) is 34.0 Å². The van der Waals surface area contributed by atoms with Crippen LogP contribution in [0, 0.1) is 5.82 Å². The molecule has 21 heavy (non-hydrogen) atoms. The fraction of sp³-hybridized carbons (Fsp3) is 0.333. The summed E-state index contributed by atoms with van der Waals surface area (Å²) in [6, 6.07) is 6.45. The molecule has 110 valence electrons. The van der Waals surface area contributed by atoms with Crippen molar-refractivity contribution < 1.29 is 14.3 Å². The third-order valence-electron chi connectivity index (χ3n) is 3.48. The molecule has 4 nitrogen and oxygen atoms in total. The molecule has 2 heterocycles. The maximum atomic E-state index is 12.9. The summed E-state index contributed by atoms with van der Waals surface area (Å²) in [7, 11) is 0. The standard InChI is InChI=1S/C15H15FN2O2S/c16-11-3-1-10(2-4-11)7-14-17-12-5-6-18(9-15(19)20)8-13(12)21-14/h1-4H,5-9H2,(H,19,20). The van der Waals surface area contributed by atoms with Crippen molar-refractivity contribution in [2.75, 3.05) is 13.1 Å². The number of rotatable bonds is 4. The van der Waals surface area contributed by atoms with Gasteiger partial charge in [0.2, 0.25) is 0 Å². The molecule has 0 bridgehead atoms. The quantitative estimate of drug-likeness (QED) is 0.942. The zero-order valence-corrected chi connectivity index (χ0v) is 12.2. The number of benzene rings is 1. The molecule has 0 saturated carbocycles. The van der Waals surface area contributed by atoms with Crippen LogP contribution in [0.2, 0.25) is 0 Å². The lowest BCUT2D eigenvalue weighted by Crippen LogP contribution is -2.34. The highest BCUT2D eigenvalue weighted by molar-refractivity contribution is 7.11. The van der Waals surface area contributed by atoms with Crippen LogP contribution in [0.4, 0.5) is 4.39 Å². The Morgan fingerprint density at radius 3 is 2.86 bits per heavy atom. The molecule has 0 fully saturated rings. The molecule has 2 aromatic rings. The monoisotopic (exact) mass is 306 g/mol. The summed E-state index contributed by atoms with van der Waals surface area (Å²) in [4.78, 5) is 18.5. The van der Waals surface area contributed by atoms with Crippen LogP contribution < -0.4 is 0 Å². The van der Waals surface area contributed by atoms with Gasteiger partial charge in [0.05, 0.1) is 17.2 Å². The Bertz CT molecular complexity index is 654. The molecule has 0 saturated heterocycles. The van der Waals surface area contributed by atoms with Gasteiger partial charge in [0.1, 0.15) is 5.82 Å². The van der Waals surface area contributed by atoms with Crippen molar-refractivity contribution in [3.8, 4) is 0 Å². The number of carboxylic acids is 1. The van der Waals surface area contributed by atoms with Crippen LogP contribution in [0.25, 0.3) is 0 Å². The molecule has 1 aromatic carbocycles. The molecule has 0 amide bonds. The van der Waals surface area contributed by atoms with E-state index in [9.17, 15) is 9.18 Å². The van der Waals surface area contributed by atoms with Gasteiger partial charge in [-0.05, 0) is 17.7 Å². The van der Waals surface area contributed by atoms with Crippen molar-refractivity contribution in [1.29, 1.82) is 0 Å². The SMILES string of the molecule is O=C(O)CN1CCc2nc(Cc3ccc(F)cc3)sc2C1. The third kappa shape index (κ3) is 3.46. The minimum Gasteiger partial charge on any atom is -0.480 e. The number of aliphatic carboxylic acids is 1. The largest absolute Gasteiger partial charge is 0.480 e. The number of fused-ring (bicyclic) bond motifs is 1. The fourth-order valence-corrected chi connectivity index (χ4v) is 3.67. The van der Waals surface area contributed by atoms with E-state index < -0.39 is 5.97 Å². The predicted molar refractivity (Wildman–Crippen MR) is 77.9 cm³/mol. The second-order valence-electron chi connectivity index (χ2n) is 5.14. The zero-order valence-electron chi connectivity index (χ0n) is 11.4. The lowest BCUT2D eigenvalue weighted by Gasteiger charge is -2.23. The van der Waals surface area contributed by atoms with Gasteiger partial charge in [0, 0.05) is 30.8 Å². The van der Waals surface area contributed by atoms with E-state index in [2.05, 4.69) is 4.98 Å². The number of aromatic nitrogens is 1. The summed E-state index contributed by atoms with van der Waals surface area (Å²) in [5.74, 6) is -1.03. The van der Waals surface area contributed by atoms with Gasteiger partial charge < -0.3 is 5.11 Å². The first-order valence-electron chi connectivity index (χ1n) is 6.76. The van der Waals surface area contributed by atoms with E-state index in [0.29, 0.717) is 13.0 Å². The Morgan fingerprint density at radius 1 is 1.38 bits per heavy atom. The average molecular weight is 306 g/mol. The number of hydrogen-bond donors (Lipinski definition) is 1. The van der Waals surface area contributed by atoms with E-state index in [1.165, 1.54) is 12.1 Å². The zero-order chi connectivity index (χ0) is 14.8. The maximum absolute atomic E-state index is 12.9. The average Bonchev–Trinajstić information content (AvgIpc) is 2.82. The summed E-state index contributed by atoms with van der Waals surface area (Å²) >= 11 is 1.63. The summed E-state index contributed by atoms with van der Waals surface area (Å²) in [6.07, 6.45) is 1.49. The van der Waals surface area contributed by atoms with Gasteiger partial charge in [-0.25, -0.2) is 9.37 Å². The van der Waals surface area contributed by atoms with Crippen LogP contribution in [0.1, 0.15) is 21.1 Å². The Kier molecular flexibility index (Phi) is 3.98. The van der Waals surface area contributed by atoms with Gasteiger partial charge >= 0.3 is 5.97 Å². The second kappa shape index (κ2) is 5.91. The number of carbonyl (C=O) groups is 1. The lowest BCUT2D eigenvalue weighted by molar-refractivity contribution is -0.138. The van der Waals surface area contributed by atoms with E-state index in [1.54, 1.807) is 23.5 Å². The molecule has 1 aliphatic rings. The molecule has 0 radical (unpaired) electrons. The molecule has 0 atom stereocenters. The van der Waals surface area contributed by atoms with E-state index in [0.717, 1.165) is 34.1 Å². The number of thiazole rings is 1. The van der Waals surface area contributed by atoms with Crippen molar-refractivity contribution in [2.45, 2.75) is 19.4 Å². The Hall–Kier alpha value is -1.79. The molecular weight excluding hydrogens is 291 g/mol. The van der Waals surface area contributed by atoms with Crippen molar-refractivity contribution in [1.82, 2.24) is 9.88 Å². The number of hydrogen-bond acceptors (Lipinski definition) is 4. The van der Waals surface area contributed by atoms with Crippen LogP contribution in [-0.2, 0) is 24.2 Å². The van der Waals surface area contributed by atoms with Crippen LogP contribution >= 0.6 is 11.3 Å². The minimum absolute atomic E-state index is 0.0740. The number of nitrogens with zero attached hydrogens (tertiary/aromatic N) is 2. The van der Waals surface area contributed by atoms with Gasteiger partial charge in [-0.1, -0.05) is 12.1 Å². The van der Waals surface area contributed by atoms with Crippen molar-refractivity contribution in [2.24, 2.45) is 0 Å². The topological polar surface area (TPSA) is 53.4 Å². The first kappa shape index (κ1) is 14.2. The van der Waals surface area contributed by atoms with Crippen molar-refractivity contribution in [3.05, 3.63) is 51.2 Å². The van der Waals surface area contributed by atoms with Crippen LogP contribution in [0.15, 0.2) is 24.3 Å². The highest BCUT2D eigenvalue weighted by Crippen LogP contribution is 2.26. The van der Waals surface area contributed by atoms with Gasteiger partial charge in [-0.3, -0.25) is 9.69 Å². The second-order valence-corrected chi connectivity index (χ2v) is 6.30. The van der Waals surface area contributed by atoms with Crippen molar-refractivity contribution >= 4 is 17.3 Å². The first-order valence-corrected chi connectivity index (χ1v) is 7.58. The van der Waals surface area contributed by atoms with Gasteiger partial charge in [-0.2, -0.15) is 0 Å². The number of carboxylic acid groups (broad SMARTS) is 1. The summed E-state index contributed by atoms with van der Waals surface area (Å²) in [5, 5.41) is 9.86. The third-order valence-corrected chi connectivity index (χ3v) is 4.56. The number of halogens is 1. The molecule has 1 aromatic heterocycles. The summed E-state index contributed by atoms with van der Waals surface area (Å²) < 4.78 is 12.9. The molecule has 0 spiro atoms. The maximum Gasteiger partial charge on any atom is 0.317 e. The van der Waals surface area contributed by atoms with E-state index in [1.807, 2.05) is 4.90 Å². The van der Waals surface area contributed by atoms with Gasteiger partial charge in [0.15, 0.2) is 0 Å². The van der Waals surface area contributed by atoms with Gasteiger partial charge in [-0.15, -0.1) is 11.3 Å². The first-order chi connectivity index (χ1) is 10.1. The van der Waals surface area contributed by atoms with E-state index >= 15 is 0 Å².